The van der Waals surface area contributed by atoms with E-state index < -0.39 is 11.7 Å². The Labute approximate surface area is 180 Å². The summed E-state index contributed by atoms with van der Waals surface area (Å²) < 4.78 is 51.4. The molecule has 7 nitrogen and oxygen atoms in total. The summed E-state index contributed by atoms with van der Waals surface area (Å²) in [5, 5.41) is 12.3. The minimum atomic E-state index is -4.41. The topological polar surface area (TPSA) is 78.9 Å². The Balaban J connectivity index is 1.38. The maximum atomic E-state index is 12.8. The van der Waals surface area contributed by atoms with Gasteiger partial charge in [-0.2, -0.15) is 18.2 Å². The third-order valence-electron chi connectivity index (χ3n) is 5.47. The molecule has 0 fully saturated rings. The molecule has 2 aromatic heterocycles. The molecule has 0 spiro atoms. The van der Waals surface area contributed by atoms with Crippen LogP contribution in [0.15, 0.2) is 47.0 Å². The third kappa shape index (κ3) is 3.66. The summed E-state index contributed by atoms with van der Waals surface area (Å²) >= 11 is 0. The Morgan fingerprint density at radius 1 is 1.06 bits per heavy atom. The summed E-state index contributed by atoms with van der Waals surface area (Å²) in [6.45, 7) is 4.85. The minimum Gasteiger partial charge on any atom is -0.365 e. The van der Waals surface area contributed by atoms with E-state index in [4.69, 9.17) is 9.26 Å². The van der Waals surface area contributed by atoms with Gasteiger partial charge in [-0.1, -0.05) is 46.3 Å². The van der Waals surface area contributed by atoms with E-state index in [1.165, 1.54) is 17.7 Å². The highest BCUT2D eigenvalue weighted by atomic mass is 19.4. The molecule has 5 rings (SSSR count). The van der Waals surface area contributed by atoms with Gasteiger partial charge in [-0.25, -0.2) is 4.68 Å². The molecule has 10 heteroatoms. The first-order valence-corrected chi connectivity index (χ1v) is 9.92. The fourth-order valence-corrected chi connectivity index (χ4v) is 3.80. The van der Waals surface area contributed by atoms with Crippen LogP contribution in [0.1, 0.15) is 34.1 Å². The van der Waals surface area contributed by atoms with Crippen LogP contribution in [0.25, 0.3) is 23.0 Å². The number of hydrogen-bond acceptors (Lipinski definition) is 6. The average Bonchev–Trinajstić information content (AvgIpc) is 3.40. The number of rotatable bonds is 3. The highest BCUT2D eigenvalue weighted by Crippen LogP contribution is 2.33. The molecule has 0 amide bonds. The predicted octanol–water partition coefficient (Wildman–Crippen LogP) is 4.90. The molecular formula is C22H18F3N5O2. The Bertz CT molecular complexity index is 1280. The fraction of sp³-hybridized carbons (Fsp3) is 0.273. The van der Waals surface area contributed by atoms with E-state index in [9.17, 15) is 13.2 Å². The highest BCUT2D eigenvalue weighted by molar-refractivity contribution is 5.59. The van der Waals surface area contributed by atoms with E-state index in [1.807, 2.05) is 6.92 Å². The number of fused-ring (bicyclic) bond motifs is 1. The fourth-order valence-electron chi connectivity index (χ4n) is 3.80. The van der Waals surface area contributed by atoms with Crippen LogP contribution in [-0.4, -0.2) is 25.1 Å². The Hall–Kier alpha value is -3.53. The SMILES string of the molecule is Cc1ccc(C2Cn3nnc(-c4nc(-c5ccc(C(F)(F)F)cc5)no4)c3CO2)c(C)c1. The maximum absolute atomic E-state index is 12.8. The molecule has 0 saturated carbocycles. The molecule has 164 valence electrons. The van der Waals surface area contributed by atoms with Crippen LogP contribution in [0, 0.1) is 13.8 Å². The maximum Gasteiger partial charge on any atom is 0.416 e. The van der Waals surface area contributed by atoms with Gasteiger partial charge in [-0.05, 0) is 37.1 Å². The molecular weight excluding hydrogens is 423 g/mol. The molecule has 1 atom stereocenters. The molecule has 0 bridgehead atoms. The smallest absolute Gasteiger partial charge is 0.365 e. The van der Waals surface area contributed by atoms with Crippen LogP contribution < -0.4 is 0 Å². The average molecular weight is 441 g/mol. The normalized spacial score (nSPS) is 16.2. The standard InChI is InChI=1S/C22H18F3N5O2/c1-12-3-8-16(13(2)9-12)18-10-30-17(11-31-18)19(27-29-30)21-26-20(28-32-21)14-4-6-15(7-5-14)22(23,24)25/h3-9,18H,10-11H2,1-2H3. The lowest BCUT2D eigenvalue weighted by molar-refractivity contribution is -0.137. The monoisotopic (exact) mass is 441 g/mol. The Morgan fingerprint density at radius 3 is 2.56 bits per heavy atom. The number of benzene rings is 2. The van der Waals surface area contributed by atoms with Gasteiger partial charge in [0, 0.05) is 5.56 Å². The summed E-state index contributed by atoms with van der Waals surface area (Å²) in [5.41, 5.74) is 4.19. The van der Waals surface area contributed by atoms with Crippen molar-refractivity contribution in [3.63, 3.8) is 0 Å². The second-order valence-electron chi connectivity index (χ2n) is 7.72. The zero-order valence-electron chi connectivity index (χ0n) is 17.2. The molecule has 4 aromatic rings. The van der Waals surface area contributed by atoms with Crippen LogP contribution in [0.4, 0.5) is 13.2 Å². The molecule has 1 aliphatic heterocycles. The number of alkyl halides is 3. The van der Waals surface area contributed by atoms with E-state index in [2.05, 4.69) is 45.6 Å². The zero-order chi connectivity index (χ0) is 22.5. The molecule has 32 heavy (non-hydrogen) atoms. The quantitative estimate of drug-likeness (QED) is 0.450. The van der Waals surface area contributed by atoms with Crippen molar-refractivity contribution in [2.24, 2.45) is 0 Å². The largest absolute Gasteiger partial charge is 0.416 e. The Kier molecular flexibility index (Phi) is 4.81. The summed E-state index contributed by atoms with van der Waals surface area (Å²) in [4.78, 5) is 4.29. The second kappa shape index (κ2) is 7.56. The first-order chi connectivity index (χ1) is 15.3. The van der Waals surface area contributed by atoms with Crippen LogP contribution >= 0.6 is 0 Å². The number of aromatic nitrogens is 5. The predicted molar refractivity (Wildman–Crippen MR) is 107 cm³/mol. The van der Waals surface area contributed by atoms with E-state index in [0.717, 1.165) is 23.3 Å². The van der Waals surface area contributed by atoms with Gasteiger partial charge >= 0.3 is 6.18 Å². The van der Waals surface area contributed by atoms with E-state index >= 15 is 0 Å². The van der Waals surface area contributed by atoms with E-state index in [0.29, 0.717) is 23.5 Å². The lowest BCUT2D eigenvalue weighted by atomic mass is 10.0. The first kappa shape index (κ1) is 20.4. The molecule has 2 aromatic carbocycles. The van der Waals surface area contributed by atoms with Gasteiger partial charge in [0.15, 0.2) is 5.69 Å². The van der Waals surface area contributed by atoms with E-state index in [1.54, 1.807) is 4.68 Å². The molecule has 0 saturated heterocycles. The summed E-state index contributed by atoms with van der Waals surface area (Å²) in [6.07, 6.45) is -4.56. The number of aryl methyl sites for hydroxylation is 2. The molecule has 1 unspecified atom stereocenters. The van der Waals surface area contributed by atoms with Crippen LogP contribution in [0.2, 0.25) is 0 Å². The van der Waals surface area contributed by atoms with Gasteiger partial charge in [0.05, 0.1) is 24.4 Å². The number of ether oxygens (including phenoxy) is 1. The lowest BCUT2D eigenvalue weighted by Crippen LogP contribution is -2.22. The van der Waals surface area contributed by atoms with Crippen molar-refractivity contribution in [3.8, 4) is 23.0 Å². The van der Waals surface area contributed by atoms with Gasteiger partial charge in [0.2, 0.25) is 5.82 Å². The van der Waals surface area contributed by atoms with Crippen molar-refractivity contribution in [1.82, 2.24) is 25.1 Å². The second-order valence-corrected chi connectivity index (χ2v) is 7.72. The molecule has 3 heterocycles. The molecule has 0 radical (unpaired) electrons. The van der Waals surface area contributed by atoms with E-state index in [-0.39, 0.29) is 24.4 Å². The summed E-state index contributed by atoms with van der Waals surface area (Å²) in [7, 11) is 0. The number of nitrogens with zero attached hydrogens (tertiary/aromatic N) is 5. The van der Waals surface area contributed by atoms with Crippen LogP contribution in [0.5, 0.6) is 0 Å². The molecule has 1 aliphatic rings. The molecule has 0 N–H and O–H groups in total. The Morgan fingerprint density at radius 2 is 1.84 bits per heavy atom. The summed E-state index contributed by atoms with van der Waals surface area (Å²) in [6, 6.07) is 10.8. The van der Waals surface area contributed by atoms with Crippen LogP contribution in [-0.2, 0) is 24.1 Å². The van der Waals surface area contributed by atoms with Crippen molar-refractivity contribution in [2.75, 3.05) is 0 Å². The van der Waals surface area contributed by atoms with Crippen molar-refractivity contribution >= 4 is 0 Å². The zero-order valence-corrected chi connectivity index (χ0v) is 17.2. The van der Waals surface area contributed by atoms with Gasteiger partial charge < -0.3 is 9.26 Å². The third-order valence-corrected chi connectivity index (χ3v) is 5.47. The summed E-state index contributed by atoms with van der Waals surface area (Å²) in [5.74, 6) is 0.301. The molecule has 0 aliphatic carbocycles. The number of halogens is 3. The van der Waals surface area contributed by atoms with Crippen molar-refractivity contribution < 1.29 is 22.4 Å². The van der Waals surface area contributed by atoms with Crippen molar-refractivity contribution in [2.45, 2.75) is 39.3 Å². The van der Waals surface area contributed by atoms with Crippen molar-refractivity contribution in [1.29, 1.82) is 0 Å². The minimum absolute atomic E-state index is 0.134. The van der Waals surface area contributed by atoms with Gasteiger partial charge in [0.1, 0.15) is 6.10 Å². The number of hydrogen-bond donors (Lipinski definition) is 0. The van der Waals surface area contributed by atoms with Gasteiger partial charge in [-0.15, -0.1) is 5.10 Å². The first-order valence-electron chi connectivity index (χ1n) is 9.92. The van der Waals surface area contributed by atoms with Crippen LogP contribution in [0.3, 0.4) is 0 Å². The van der Waals surface area contributed by atoms with Gasteiger partial charge in [-0.3, -0.25) is 0 Å². The van der Waals surface area contributed by atoms with Gasteiger partial charge in [0.25, 0.3) is 5.89 Å². The van der Waals surface area contributed by atoms with Crippen molar-refractivity contribution in [3.05, 3.63) is 70.4 Å². The lowest BCUT2D eigenvalue weighted by Gasteiger charge is -2.25. The highest BCUT2D eigenvalue weighted by Gasteiger charge is 2.31.